The summed E-state index contributed by atoms with van der Waals surface area (Å²) in [6, 6.07) is 5.65. The first-order valence-corrected chi connectivity index (χ1v) is 5.90. The second kappa shape index (κ2) is 5.22. The first-order valence-electron chi connectivity index (χ1n) is 5.49. The summed E-state index contributed by atoms with van der Waals surface area (Å²) in [5, 5.41) is 0. The molecule has 0 bridgehead atoms. The summed E-state index contributed by atoms with van der Waals surface area (Å²) in [4.78, 5) is 14.2. The van der Waals surface area contributed by atoms with Crippen molar-refractivity contribution in [3.63, 3.8) is 0 Å². The van der Waals surface area contributed by atoms with E-state index in [4.69, 9.17) is 17.0 Å². The van der Waals surface area contributed by atoms with Crippen LogP contribution in [-0.2, 0) is 16.1 Å². The Morgan fingerprint density at radius 3 is 2.89 bits per heavy atom. The van der Waals surface area contributed by atoms with E-state index in [0.29, 0.717) is 17.7 Å². The molecule has 0 unspecified atom stereocenters. The number of aromatic nitrogens is 2. The molecule has 0 atom stereocenters. The smallest absolute Gasteiger partial charge is 0.307 e. The Labute approximate surface area is 109 Å². The molecule has 1 N–H and O–H groups in total. The summed E-state index contributed by atoms with van der Waals surface area (Å²) in [5.41, 5.74) is 1.84. The number of nitrogens with zero attached hydrogens (tertiary/aromatic N) is 1. The van der Waals surface area contributed by atoms with Gasteiger partial charge in [0.05, 0.1) is 31.7 Å². The van der Waals surface area contributed by atoms with Gasteiger partial charge in [-0.25, -0.2) is 0 Å². The predicted molar refractivity (Wildman–Crippen MR) is 70.3 cm³/mol. The third kappa shape index (κ3) is 2.38. The van der Waals surface area contributed by atoms with Crippen LogP contribution in [0.1, 0.15) is 6.42 Å². The van der Waals surface area contributed by atoms with E-state index in [1.54, 1.807) is 7.11 Å². The number of carbonyl (C=O) groups is 1. The van der Waals surface area contributed by atoms with Crippen molar-refractivity contribution >= 4 is 29.2 Å². The number of benzene rings is 1. The quantitative estimate of drug-likeness (QED) is 0.681. The molecule has 0 saturated heterocycles. The molecule has 0 aliphatic carbocycles. The molecule has 0 aliphatic heterocycles. The molecule has 0 spiro atoms. The van der Waals surface area contributed by atoms with Gasteiger partial charge in [0.25, 0.3) is 0 Å². The van der Waals surface area contributed by atoms with Gasteiger partial charge in [-0.2, -0.15) is 0 Å². The second-order valence-corrected chi connectivity index (χ2v) is 4.18. The van der Waals surface area contributed by atoms with Crippen molar-refractivity contribution in [3.8, 4) is 5.75 Å². The maximum absolute atomic E-state index is 11.2. The highest BCUT2D eigenvalue weighted by molar-refractivity contribution is 7.71. The first-order chi connectivity index (χ1) is 8.65. The highest BCUT2D eigenvalue weighted by atomic mass is 32.1. The number of methoxy groups -OCH3 is 2. The molecule has 18 heavy (non-hydrogen) atoms. The van der Waals surface area contributed by atoms with Crippen molar-refractivity contribution in [1.82, 2.24) is 9.55 Å². The SMILES string of the molecule is COC(=O)CCn1c(=S)[nH]c2cc(OC)ccc21. The van der Waals surface area contributed by atoms with Crippen LogP contribution in [0.5, 0.6) is 5.75 Å². The number of esters is 1. The van der Waals surface area contributed by atoms with E-state index in [2.05, 4.69) is 9.72 Å². The monoisotopic (exact) mass is 266 g/mol. The molecule has 1 heterocycles. The zero-order valence-corrected chi connectivity index (χ0v) is 11.0. The molecular weight excluding hydrogens is 252 g/mol. The van der Waals surface area contributed by atoms with Gasteiger partial charge in [0.2, 0.25) is 0 Å². The van der Waals surface area contributed by atoms with Gasteiger partial charge in [0.1, 0.15) is 5.75 Å². The second-order valence-electron chi connectivity index (χ2n) is 3.79. The minimum atomic E-state index is -0.250. The number of fused-ring (bicyclic) bond motifs is 1. The van der Waals surface area contributed by atoms with Gasteiger partial charge in [0.15, 0.2) is 4.77 Å². The molecule has 0 radical (unpaired) electrons. The van der Waals surface area contributed by atoms with Crippen molar-refractivity contribution < 1.29 is 14.3 Å². The molecule has 0 amide bonds. The average Bonchev–Trinajstić information content (AvgIpc) is 2.70. The molecule has 0 saturated carbocycles. The van der Waals surface area contributed by atoms with Crippen LogP contribution in [0, 0.1) is 4.77 Å². The number of carbonyl (C=O) groups excluding carboxylic acids is 1. The van der Waals surface area contributed by atoms with Gasteiger partial charge in [-0.05, 0) is 24.4 Å². The summed E-state index contributed by atoms with van der Waals surface area (Å²) < 4.78 is 12.2. The minimum absolute atomic E-state index is 0.250. The fraction of sp³-hybridized carbons (Fsp3) is 0.333. The predicted octanol–water partition coefficient (Wildman–Crippen LogP) is 2.27. The lowest BCUT2D eigenvalue weighted by Crippen LogP contribution is -2.06. The number of hydrogen-bond acceptors (Lipinski definition) is 4. The number of ether oxygens (including phenoxy) is 2. The lowest BCUT2D eigenvalue weighted by atomic mass is 10.3. The van der Waals surface area contributed by atoms with E-state index in [0.717, 1.165) is 16.8 Å². The molecule has 2 aromatic rings. The summed E-state index contributed by atoms with van der Waals surface area (Å²) >= 11 is 5.24. The van der Waals surface area contributed by atoms with E-state index in [1.807, 2.05) is 22.8 Å². The van der Waals surface area contributed by atoms with E-state index in [-0.39, 0.29) is 5.97 Å². The highest BCUT2D eigenvalue weighted by Gasteiger charge is 2.07. The maximum Gasteiger partial charge on any atom is 0.307 e. The van der Waals surface area contributed by atoms with Crippen LogP contribution in [0.15, 0.2) is 18.2 Å². The Morgan fingerprint density at radius 2 is 2.22 bits per heavy atom. The zero-order valence-electron chi connectivity index (χ0n) is 10.2. The third-order valence-corrected chi connectivity index (χ3v) is 3.07. The molecule has 96 valence electrons. The standard InChI is InChI=1S/C12H14N2O3S/c1-16-8-3-4-10-9(7-8)13-12(18)14(10)6-5-11(15)17-2/h3-4,7H,5-6H2,1-2H3,(H,13,18). The molecule has 1 aromatic heterocycles. The third-order valence-electron chi connectivity index (χ3n) is 2.75. The van der Waals surface area contributed by atoms with Crippen molar-refractivity contribution in [2.45, 2.75) is 13.0 Å². The van der Waals surface area contributed by atoms with Crippen LogP contribution in [0.3, 0.4) is 0 Å². The van der Waals surface area contributed by atoms with Crippen molar-refractivity contribution in [1.29, 1.82) is 0 Å². The van der Waals surface area contributed by atoms with Gasteiger partial charge in [-0.15, -0.1) is 0 Å². The molecular formula is C12H14N2O3S. The lowest BCUT2D eigenvalue weighted by Gasteiger charge is -2.04. The molecule has 2 rings (SSSR count). The topological polar surface area (TPSA) is 56.2 Å². The molecule has 1 aromatic carbocycles. The number of rotatable bonds is 4. The normalized spacial score (nSPS) is 10.6. The van der Waals surface area contributed by atoms with Crippen LogP contribution < -0.4 is 4.74 Å². The van der Waals surface area contributed by atoms with Gasteiger partial charge in [-0.1, -0.05) is 0 Å². The highest BCUT2D eigenvalue weighted by Crippen LogP contribution is 2.20. The van der Waals surface area contributed by atoms with E-state index in [1.165, 1.54) is 7.11 Å². The number of aryl methyl sites for hydroxylation is 1. The summed E-state index contributed by atoms with van der Waals surface area (Å²) in [6.07, 6.45) is 0.295. The van der Waals surface area contributed by atoms with E-state index in [9.17, 15) is 4.79 Å². The fourth-order valence-corrected chi connectivity index (χ4v) is 2.10. The Balaban J connectivity index is 2.35. The van der Waals surface area contributed by atoms with Crippen LogP contribution >= 0.6 is 12.2 Å². The molecule has 0 fully saturated rings. The van der Waals surface area contributed by atoms with Crippen LogP contribution in [0.4, 0.5) is 0 Å². The Kier molecular flexibility index (Phi) is 3.66. The Bertz CT molecular complexity index is 630. The Morgan fingerprint density at radius 1 is 1.44 bits per heavy atom. The minimum Gasteiger partial charge on any atom is -0.497 e. The van der Waals surface area contributed by atoms with Crippen LogP contribution in [0.2, 0.25) is 0 Å². The fourth-order valence-electron chi connectivity index (χ4n) is 1.80. The van der Waals surface area contributed by atoms with E-state index < -0.39 is 0 Å². The summed E-state index contributed by atoms with van der Waals surface area (Å²) in [6.45, 7) is 0.498. The largest absolute Gasteiger partial charge is 0.497 e. The van der Waals surface area contributed by atoms with Crippen molar-refractivity contribution in [3.05, 3.63) is 23.0 Å². The van der Waals surface area contributed by atoms with Crippen LogP contribution in [-0.4, -0.2) is 29.7 Å². The summed E-state index contributed by atoms with van der Waals surface area (Å²) in [5.74, 6) is 0.513. The molecule has 5 nitrogen and oxygen atoms in total. The number of aromatic amines is 1. The lowest BCUT2D eigenvalue weighted by molar-refractivity contribution is -0.140. The van der Waals surface area contributed by atoms with Crippen molar-refractivity contribution in [2.24, 2.45) is 0 Å². The number of imidazole rings is 1. The molecule has 6 heteroatoms. The van der Waals surface area contributed by atoms with Gasteiger partial charge in [0, 0.05) is 12.6 Å². The Hall–Kier alpha value is -1.82. The van der Waals surface area contributed by atoms with E-state index >= 15 is 0 Å². The average molecular weight is 266 g/mol. The zero-order chi connectivity index (χ0) is 13.1. The van der Waals surface area contributed by atoms with Gasteiger partial charge < -0.3 is 19.0 Å². The number of H-pyrrole nitrogens is 1. The first kappa shape index (κ1) is 12.6. The van der Waals surface area contributed by atoms with Crippen LogP contribution in [0.25, 0.3) is 11.0 Å². The number of nitrogens with one attached hydrogen (secondary N) is 1. The molecule has 0 aliphatic rings. The maximum atomic E-state index is 11.2. The number of hydrogen-bond donors (Lipinski definition) is 1. The summed E-state index contributed by atoms with van der Waals surface area (Å²) in [7, 11) is 2.99. The van der Waals surface area contributed by atoms with Gasteiger partial charge in [-0.3, -0.25) is 4.79 Å². The van der Waals surface area contributed by atoms with Crippen molar-refractivity contribution in [2.75, 3.05) is 14.2 Å². The van der Waals surface area contributed by atoms with Gasteiger partial charge >= 0.3 is 5.97 Å².